The number of carbonyl (C=O) groups excluding carboxylic acids is 2. The van der Waals surface area contributed by atoms with Crippen LogP contribution in [0.4, 0.5) is 5.69 Å². The third kappa shape index (κ3) is 4.31. The number of amides is 2. The van der Waals surface area contributed by atoms with Crippen LogP contribution in [0.15, 0.2) is 24.3 Å². The van der Waals surface area contributed by atoms with E-state index < -0.39 is 15.8 Å². The van der Waals surface area contributed by atoms with E-state index in [1.54, 1.807) is 29.2 Å². The van der Waals surface area contributed by atoms with Crippen LogP contribution in [-0.4, -0.2) is 49.7 Å². The molecule has 0 bridgehead atoms. The Labute approximate surface area is 136 Å². The van der Waals surface area contributed by atoms with Crippen molar-refractivity contribution in [3.63, 3.8) is 0 Å². The van der Waals surface area contributed by atoms with Crippen LogP contribution in [0.25, 0.3) is 0 Å². The Morgan fingerprint density at radius 2 is 1.78 bits per heavy atom. The average Bonchev–Trinajstić information content (AvgIpc) is 2.89. The highest BCUT2D eigenvalue weighted by molar-refractivity contribution is 7.91. The molecular formula is C16H22N2O4S. The lowest BCUT2D eigenvalue weighted by molar-refractivity contribution is -0.119. The number of nitrogens with zero attached hydrogens (tertiary/aromatic N) is 1. The summed E-state index contributed by atoms with van der Waals surface area (Å²) in [5.41, 5.74) is 1.13. The number of anilines is 1. The largest absolute Gasteiger partial charge is 0.339 e. The summed E-state index contributed by atoms with van der Waals surface area (Å²) in [5.74, 6) is -0.833. The van der Waals surface area contributed by atoms with Gasteiger partial charge in [0.15, 0.2) is 9.84 Å². The Bertz CT molecular complexity index is 679. The molecule has 126 valence electrons. The first-order valence-corrected chi connectivity index (χ1v) is 9.59. The molecule has 0 aromatic heterocycles. The lowest BCUT2D eigenvalue weighted by Crippen LogP contribution is -2.30. The number of rotatable bonds is 5. The lowest BCUT2D eigenvalue weighted by Gasteiger charge is -2.18. The molecule has 0 radical (unpaired) electrons. The maximum atomic E-state index is 12.2. The summed E-state index contributed by atoms with van der Waals surface area (Å²) >= 11 is 0. The lowest BCUT2D eigenvalue weighted by atomic mass is 10.1. The predicted octanol–water partition coefficient (Wildman–Crippen LogP) is 1.54. The average molecular weight is 338 g/mol. The zero-order valence-electron chi connectivity index (χ0n) is 13.4. The molecule has 0 saturated carbocycles. The first-order chi connectivity index (χ1) is 10.9. The minimum absolute atomic E-state index is 0.0465. The van der Waals surface area contributed by atoms with Crippen molar-refractivity contribution in [2.24, 2.45) is 5.92 Å². The number of hydrogen-bond acceptors (Lipinski definition) is 4. The Hall–Kier alpha value is -1.89. The monoisotopic (exact) mass is 338 g/mol. The van der Waals surface area contributed by atoms with Gasteiger partial charge in [-0.2, -0.15) is 0 Å². The molecular weight excluding hydrogens is 316 g/mol. The molecule has 0 spiro atoms. The molecule has 1 aromatic carbocycles. The van der Waals surface area contributed by atoms with E-state index in [9.17, 15) is 18.0 Å². The summed E-state index contributed by atoms with van der Waals surface area (Å²) in [4.78, 5) is 26.0. The zero-order valence-corrected chi connectivity index (χ0v) is 14.2. The van der Waals surface area contributed by atoms with Gasteiger partial charge < -0.3 is 10.2 Å². The Morgan fingerprint density at radius 3 is 2.26 bits per heavy atom. The van der Waals surface area contributed by atoms with E-state index >= 15 is 0 Å². The number of benzene rings is 1. The number of nitrogens with one attached hydrogen (secondary N) is 1. The van der Waals surface area contributed by atoms with Gasteiger partial charge in [0.25, 0.3) is 5.91 Å². The van der Waals surface area contributed by atoms with Crippen LogP contribution in [0.3, 0.4) is 0 Å². The van der Waals surface area contributed by atoms with Crippen molar-refractivity contribution < 1.29 is 18.0 Å². The van der Waals surface area contributed by atoms with E-state index in [2.05, 4.69) is 5.32 Å². The van der Waals surface area contributed by atoms with E-state index in [-0.39, 0.29) is 23.3 Å². The van der Waals surface area contributed by atoms with Gasteiger partial charge in [-0.3, -0.25) is 9.59 Å². The SMILES string of the molecule is CCN(CC)C(=O)c1ccc(NC(=O)C2CCS(=O)(=O)C2)cc1. The van der Waals surface area contributed by atoms with Gasteiger partial charge in [-0.15, -0.1) is 0 Å². The van der Waals surface area contributed by atoms with Crippen LogP contribution >= 0.6 is 0 Å². The van der Waals surface area contributed by atoms with E-state index in [1.807, 2.05) is 13.8 Å². The normalized spacial score (nSPS) is 19.3. The van der Waals surface area contributed by atoms with Crippen molar-refractivity contribution in [2.75, 3.05) is 29.9 Å². The highest BCUT2D eigenvalue weighted by Crippen LogP contribution is 2.20. The van der Waals surface area contributed by atoms with E-state index in [0.29, 0.717) is 30.8 Å². The van der Waals surface area contributed by atoms with Gasteiger partial charge in [0, 0.05) is 24.3 Å². The number of hydrogen-bond donors (Lipinski definition) is 1. The Morgan fingerprint density at radius 1 is 1.17 bits per heavy atom. The summed E-state index contributed by atoms with van der Waals surface area (Å²) in [6.07, 6.45) is 0.368. The molecule has 1 aromatic rings. The molecule has 1 unspecified atom stereocenters. The van der Waals surface area contributed by atoms with Crippen molar-refractivity contribution in [3.05, 3.63) is 29.8 Å². The summed E-state index contributed by atoms with van der Waals surface area (Å²) in [6.45, 7) is 5.13. The zero-order chi connectivity index (χ0) is 17.0. The molecule has 1 aliphatic heterocycles. The topological polar surface area (TPSA) is 83.6 Å². The minimum Gasteiger partial charge on any atom is -0.339 e. The first-order valence-electron chi connectivity index (χ1n) is 7.77. The fraction of sp³-hybridized carbons (Fsp3) is 0.500. The second-order valence-electron chi connectivity index (χ2n) is 5.64. The Kier molecular flexibility index (Phi) is 5.41. The maximum Gasteiger partial charge on any atom is 0.253 e. The van der Waals surface area contributed by atoms with Crippen LogP contribution in [0.5, 0.6) is 0 Å². The smallest absolute Gasteiger partial charge is 0.253 e. The summed E-state index contributed by atoms with van der Waals surface area (Å²) in [6, 6.07) is 6.67. The molecule has 0 aliphatic carbocycles. The molecule has 1 fully saturated rings. The molecule has 1 heterocycles. The number of sulfone groups is 1. The third-order valence-corrected chi connectivity index (χ3v) is 5.82. The second kappa shape index (κ2) is 7.12. The fourth-order valence-electron chi connectivity index (χ4n) is 2.64. The summed E-state index contributed by atoms with van der Waals surface area (Å²) in [7, 11) is -3.08. The van der Waals surface area contributed by atoms with Crippen molar-refractivity contribution in [3.8, 4) is 0 Å². The van der Waals surface area contributed by atoms with Crippen LogP contribution in [-0.2, 0) is 14.6 Å². The first kappa shape index (κ1) is 17.5. The molecule has 1 atom stereocenters. The minimum atomic E-state index is -3.08. The molecule has 23 heavy (non-hydrogen) atoms. The van der Waals surface area contributed by atoms with Crippen LogP contribution in [0, 0.1) is 5.92 Å². The van der Waals surface area contributed by atoms with Gasteiger partial charge in [0.05, 0.1) is 17.4 Å². The van der Waals surface area contributed by atoms with E-state index in [1.165, 1.54) is 0 Å². The van der Waals surface area contributed by atoms with Gasteiger partial charge in [-0.05, 0) is 44.5 Å². The quantitative estimate of drug-likeness (QED) is 0.883. The Balaban J connectivity index is 2.00. The van der Waals surface area contributed by atoms with Crippen molar-refractivity contribution in [2.45, 2.75) is 20.3 Å². The van der Waals surface area contributed by atoms with Crippen LogP contribution < -0.4 is 5.32 Å². The van der Waals surface area contributed by atoms with Crippen LogP contribution in [0.1, 0.15) is 30.6 Å². The summed E-state index contributed by atoms with van der Waals surface area (Å²) in [5, 5.41) is 2.72. The summed E-state index contributed by atoms with van der Waals surface area (Å²) < 4.78 is 22.8. The fourth-order valence-corrected chi connectivity index (χ4v) is 4.38. The van der Waals surface area contributed by atoms with Gasteiger partial charge in [0.1, 0.15) is 0 Å². The van der Waals surface area contributed by atoms with Crippen molar-refractivity contribution in [1.82, 2.24) is 4.90 Å². The predicted molar refractivity (Wildman–Crippen MR) is 89.1 cm³/mol. The molecule has 6 nitrogen and oxygen atoms in total. The molecule has 1 aliphatic rings. The standard InChI is InChI=1S/C16H22N2O4S/c1-3-18(4-2)16(20)12-5-7-14(8-6-12)17-15(19)13-9-10-23(21,22)11-13/h5-8,13H,3-4,9-11H2,1-2H3,(H,17,19). The van der Waals surface area contributed by atoms with Gasteiger partial charge in [-0.25, -0.2) is 8.42 Å². The van der Waals surface area contributed by atoms with Crippen LogP contribution in [0.2, 0.25) is 0 Å². The molecule has 1 N–H and O–H groups in total. The highest BCUT2D eigenvalue weighted by atomic mass is 32.2. The van der Waals surface area contributed by atoms with Crippen molar-refractivity contribution in [1.29, 1.82) is 0 Å². The molecule has 1 saturated heterocycles. The molecule has 2 rings (SSSR count). The molecule has 2 amide bonds. The maximum absolute atomic E-state index is 12.2. The third-order valence-electron chi connectivity index (χ3n) is 4.05. The highest BCUT2D eigenvalue weighted by Gasteiger charge is 2.32. The molecule has 7 heteroatoms. The van der Waals surface area contributed by atoms with Gasteiger partial charge >= 0.3 is 0 Å². The van der Waals surface area contributed by atoms with Gasteiger partial charge in [-0.1, -0.05) is 0 Å². The van der Waals surface area contributed by atoms with E-state index in [4.69, 9.17) is 0 Å². The van der Waals surface area contributed by atoms with E-state index in [0.717, 1.165) is 0 Å². The number of carbonyl (C=O) groups is 2. The van der Waals surface area contributed by atoms with Gasteiger partial charge in [0.2, 0.25) is 5.91 Å². The second-order valence-corrected chi connectivity index (χ2v) is 7.87. The van der Waals surface area contributed by atoms with Crippen molar-refractivity contribution >= 4 is 27.3 Å².